The molecule has 1 aliphatic heterocycles. The summed E-state index contributed by atoms with van der Waals surface area (Å²) in [7, 11) is 1.63. The fraction of sp³-hybridized carbons (Fsp3) is 0.269. The molecule has 9 heteroatoms. The SMILES string of the molecule is CN(C(=O)Cc1c(F)cccc1Cl)c1ncc(-c2cc(C(N)=O)ccc2Cl)cc1N1CC2CC2C1. The zero-order valence-electron chi connectivity index (χ0n) is 19.0. The van der Waals surface area contributed by atoms with Crippen LogP contribution in [0.4, 0.5) is 15.9 Å². The molecule has 0 spiro atoms. The molecule has 1 aliphatic carbocycles. The lowest BCUT2D eigenvalue weighted by molar-refractivity contribution is -0.117. The van der Waals surface area contributed by atoms with Crippen LogP contribution in [0.15, 0.2) is 48.7 Å². The van der Waals surface area contributed by atoms with Crippen molar-refractivity contribution < 1.29 is 14.0 Å². The average Bonchev–Trinajstić information content (AvgIpc) is 3.45. The summed E-state index contributed by atoms with van der Waals surface area (Å²) in [5.74, 6) is 0.347. The van der Waals surface area contributed by atoms with Crippen molar-refractivity contribution >= 4 is 46.5 Å². The first-order valence-corrected chi connectivity index (χ1v) is 12.0. The number of carbonyl (C=O) groups is 2. The predicted octanol–water partition coefficient (Wildman–Crippen LogP) is 4.96. The van der Waals surface area contributed by atoms with E-state index in [9.17, 15) is 14.0 Å². The normalized spacial score (nSPS) is 18.3. The number of aromatic nitrogens is 1. The molecule has 6 nitrogen and oxygen atoms in total. The van der Waals surface area contributed by atoms with Gasteiger partial charge in [-0.1, -0.05) is 29.3 Å². The molecule has 180 valence electrons. The summed E-state index contributed by atoms with van der Waals surface area (Å²) in [6.07, 6.45) is 2.64. The maximum absolute atomic E-state index is 14.3. The number of fused-ring (bicyclic) bond motifs is 1. The molecule has 2 aliphatic rings. The highest BCUT2D eigenvalue weighted by molar-refractivity contribution is 6.33. The summed E-state index contributed by atoms with van der Waals surface area (Å²) in [5.41, 5.74) is 8.06. The Kier molecular flexibility index (Phi) is 6.15. The quantitative estimate of drug-likeness (QED) is 0.506. The van der Waals surface area contributed by atoms with Gasteiger partial charge in [0.1, 0.15) is 5.82 Å². The van der Waals surface area contributed by atoms with E-state index in [1.165, 1.54) is 23.5 Å². The Bertz CT molecular complexity index is 1320. The molecule has 2 atom stereocenters. The maximum atomic E-state index is 14.3. The molecule has 5 rings (SSSR count). The number of hydrogen-bond acceptors (Lipinski definition) is 4. The lowest BCUT2D eigenvalue weighted by Gasteiger charge is -2.27. The Morgan fingerprint density at radius 3 is 2.57 bits per heavy atom. The molecule has 2 N–H and O–H groups in total. The molecule has 1 aromatic heterocycles. The monoisotopic (exact) mass is 512 g/mol. The van der Waals surface area contributed by atoms with Crippen LogP contribution in [0, 0.1) is 17.7 Å². The van der Waals surface area contributed by atoms with Gasteiger partial charge in [0.15, 0.2) is 5.82 Å². The number of pyridine rings is 1. The minimum absolute atomic E-state index is 0.154. The van der Waals surface area contributed by atoms with E-state index in [0.717, 1.165) is 18.8 Å². The van der Waals surface area contributed by atoms with Crippen molar-refractivity contribution in [2.24, 2.45) is 17.6 Å². The molecule has 2 unspecified atom stereocenters. The number of anilines is 2. The molecular formula is C26H23Cl2FN4O2. The second-order valence-corrected chi connectivity index (χ2v) is 9.93. The molecule has 0 radical (unpaired) electrons. The van der Waals surface area contributed by atoms with Crippen LogP contribution in [0.3, 0.4) is 0 Å². The van der Waals surface area contributed by atoms with Gasteiger partial charge in [-0.15, -0.1) is 0 Å². The van der Waals surface area contributed by atoms with Crippen LogP contribution in [-0.4, -0.2) is 36.9 Å². The minimum atomic E-state index is -0.551. The molecule has 1 saturated carbocycles. The van der Waals surface area contributed by atoms with Crippen LogP contribution < -0.4 is 15.5 Å². The topological polar surface area (TPSA) is 79.5 Å². The Labute approximate surface area is 212 Å². The smallest absolute Gasteiger partial charge is 0.248 e. The number of halogens is 3. The summed E-state index contributed by atoms with van der Waals surface area (Å²) in [5, 5.41) is 0.664. The van der Waals surface area contributed by atoms with Gasteiger partial charge >= 0.3 is 0 Å². The fourth-order valence-electron chi connectivity index (χ4n) is 4.67. The van der Waals surface area contributed by atoms with Gasteiger partial charge in [-0.05, 0) is 54.7 Å². The molecule has 2 aromatic carbocycles. The first-order valence-electron chi connectivity index (χ1n) is 11.3. The summed E-state index contributed by atoms with van der Waals surface area (Å²) >= 11 is 12.6. The number of hydrogen-bond donors (Lipinski definition) is 1. The average molecular weight is 513 g/mol. The molecule has 2 fully saturated rings. The molecular weight excluding hydrogens is 490 g/mol. The van der Waals surface area contributed by atoms with E-state index in [1.807, 2.05) is 6.07 Å². The third-order valence-electron chi connectivity index (χ3n) is 6.81. The van der Waals surface area contributed by atoms with E-state index in [1.54, 1.807) is 37.5 Å². The van der Waals surface area contributed by atoms with Gasteiger partial charge in [0, 0.05) is 58.6 Å². The summed E-state index contributed by atoms with van der Waals surface area (Å²) < 4.78 is 14.3. The number of amides is 2. The van der Waals surface area contributed by atoms with Gasteiger partial charge in [-0.3, -0.25) is 14.5 Å². The number of nitrogens with two attached hydrogens (primary N) is 1. The van der Waals surface area contributed by atoms with Gasteiger partial charge in [-0.2, -0.15) is 0 Å². The number of benzene rings is 2. The molecule has 2 heterocycles. The van der Waals surface area contributed by atoms with Gasteiger partial charge in [0.05, 0.1) is 12.1 Å². The zero-order chi connectivity index (χ0) is 24.9. The highest BCUT2D eigenvalue weighted by atomic mass is 35.5. The number of rotatable bonds is 6. The highest BCUT2D eigenvalue weighted by Gasteiger charge is 2.46. The van der Waals surface area contributed by atoms with Crippen LogP contribution in [0.5, 0.6) is 0 Å². The third kappa shape index (κ3) is 4.58. The van der Waals surface area contributed by atoms with E-state index in [4.69, 9.17) is 28.9 Å². The number of likely N-dealkylation sites (N-methyl/N-ethyl adjacent to an activating group) is 1. The molecule has 0 bridgehead atoms. The van der Waals surface area contributed by atoms with E-state index >= 15 is 0 Å². The Morgan fingerprint density at radius 1 is 1.14 bits per heavy atom. The summed E-state index contributed by atoms with van der Waals surface area (Å²) in [6.45, 7) is 1.75. The molecule has 3 aromatic rings. The summed E-state index contributed by atoms with van der Waals surface area (Å²) in [6, 6.07) is 11.1. The van der Waals surface area contributed by atoms with Crippen LogP contribution in [0.2, 0.25) is 10.0 Å². The van der Waals surface area contributed by atoms with E-state index in [0.29, 0.717) is 39.4 Å². The fourth-order valence-corrected chi connectivity index (χ4v) is 5.12. The molecule has 35 heavy (non-hydrogen) atoms. The number of carbonyl (C=O) groups excluding carboxylic acids is 2. The van der Waals surface area contributed by atoms with E-state index in [-0.39, 0.29) is 22.9 Å². The van der Waals surface area contributed by atoms with Crippen LogP contribution in [0.1, 0.15) is 22.3 Å². The number of primary amides is 1. The van der Waals surface area contributed by atoms with Crippen molar-refractivity contribution in [3.63, 3.8) is 0 Å². The van der Waals surface area contributed by atoms with Crippen LogP contribution >= 0.6 is 23.2 Å². The van der Waals surface area contributed by atoms with Gasteiger partial charge in [0.2, 0.25) is 11.8 Å². The number of nitrogens with zero attached hydrogens (tertiary/aromatic N) is 3. The van der Waals surface area contributed by atoms with Crippen molar-refractivity contribution in [2.75, 3.05) is 29.9 Å². The zero-order valence-corrected chi connectivity index (χ0v) is 20.5. The predicted molar refractivity (Wildman–Crippen MR) is 136 cm³/mol. The van der Waals surface area contributed by atoms with Crippen molar-refractivity contribution in [2.45, 2.75) is 12.8 Å². The minimum Gasteiger partial charge on any atom is -0.368 e. The van der Waals surface area contributed by atoms with Crippen molar-refractivity contribution in [3.8, 4) is 11.1 Å². The van der Waals surface area contributed by atoms with Gasteiger partial charge in [0.25, 0.3) is 0 Å². The van der Waals surface area contributed by atoms with Crippen molar-refractivity contribution in [3.05, 3.63) is 75.7 Å². The lowest BCUT2D eigenvalue weighted by Crippen LogP contribution is -2.32. The lowest BCUT2D eigenvalue weighted by atomic mass is 10.0. The summed E-state index contributed by atoms with van der Waals surface area (Å²) in [4.78, 5) is 33.1. The van der Waals surface area contributed by atoms with Crippen LogP contribution in [-0.2, 0) is 11.2 Å². The Hall–Kier alpha value is -3.16. The Balaban J connectivity index is 1.52. The highest BCUT2D eigenvalue weighted by Crippen LogP contribution is 2.48. The molecule has 2 amide bonds. The van der Waals surface area contributed by atoms with Crippen molar-refractivity contribution in [1.82, 2.24) is 4.98 Å². The largest absolute Gasteiger partial charge is 0.368 e. The standard InChI is InChI=1S/C26H23Cl2FN4O2/c1-32(24(34)10-19-20(27)3-2-4-22(19)29)26-23(33-12-16-7-17(16)13-33)9-15(11-31-26)18-8-14(25(30)35)5-6-21(18)28/h2-6,8-9,11,16-17H,7,10,12-13H2,1H3,(H2,30,35). The van der Waals surface area contributed by atoms with Gasteiger partial charge in [-0.25, -0.2) is 9.37 Å². The number of piperidine rings is 1. The van der Waals surface area contributed by atoms with Crippen molar-refractivity contribution in [1.29, 1.82) is 0 Å². The van der Waals surface area contributed by atoms with E-state index in [2.05, 4.69) is 9.88 Å². The second kappa shape index (κ2) is 9.13. The second-order valence-electron chi connectivity index (χ2n) is 9.12. The van der Waals surface area contributed by atoms with E-state index < -0.39 is 11.7 Å². The first-order chi connectivity index (χ1) is 16.7. The van der Waals surface area contributed by atoms with Gasteiger partial charge < -0.3 is 10.6 Å². The molecule has 1 saturated heterocycles. The van der Waals surface area contributed by atoms with Crippen LogP contribution in [0.25, 0.3) is 11.1 Å². The third-order valence-corrected chi connectivity index (χ3v) is 7.49. The Morgan fingerprint density at radius 2 is 1.89 bits per heavy atom. The first kappa shape index (κ1) is 23.6. The maximum Gasteiger partial charge on any atom is 0.248 e.